The van der Waals surface area contributed by atoms with E-state index in [9.17, 15) is 4.79 Å². The van der Waals surface area contributed by atoms with Crippen molar-refractivity contribution in [2.75, 3.05) is 39.3 Å². The number of carbonyl (C=O) groups excluding carboxylic acids is 1. The minimum absolute atomic E-state index is 0.181. The van der Waals surface area contributed by atoms with Crippen LogP contribution in [0.25, 0.3) is 0 Å². The standard InChI is InChI=1S/C15H26N6O/c1-3-14-15(16)17-12-18-21(14)7-5-4-6-19-8-10-20(11-9-19)13(2)22/h3,12H,4-11H2,1-2H3,(H2,16,17,18)/b14-3-. The molecule has 0 aromatic heterocycles. The van der Waals surface area contributed by atoms with Gasteiger partial charge in [-0.3, -0.25) is 14.7 Å². The maximum atomic E-state index is 11.3. The van der Waals surface area contributed by atoms with Crippen LogP contribution >= 0.6 is 0 Å². The molecule has 0 spiro atoms. The molecule has 7 nitrogen and oxygen atoms in total. The Hall–Kier alpha value is -1.89. The first-order valence-corrected chi connectivity index (χ1v) is 7.89. The molecule has 0 atom stereocenters. The van der Waals surface area contributed by atoms with Crippen molar-refractivity contribution >= 4 is 18.1 Å². The third-order valence-electron chi connectivity index (χ3n) is 4.11. The fourth-order valence-electron chi connectivity index (χ4n) is 2.77. The van der Waals surface area contributed by atoms with Crippen LogP contribution in [0.3, 0.4) is 0 Å². The van der Waals surface area contributed by atoms with Crippen molar-refractivity contribution in [3.63, 3.8) is 0 Å². The Morgan fingerprint density at radius 1 is 1.27 bits per heavy atom. The number of hydrazone groups is 1. The lowest BCUT2D eigenvalue weighted by Crippen LogP contribution is -2.48. The van der Waals surface area contributed by atoms with E-state index in [4.69, 9.17) is 5.73 Å². The number of unbranched alkanes of at least 4 members (excludes halogenated alkanes) is 1. The molecule has 2 aliphatic heterocycles. The maximum Gasteiger partial charge on any atom is 0.219 e. The van der Waals surface area contributed by atoms with Gasteiger partial charge in [0.05, 0.1) is 5.70 Å². The zero-order valence-corrected chi connectivity index (χ0v) is 13.5. The van der Waals surface area contributed by atoms with Gasteiger partial charge >= 0.3 is 0 Å². The first kappa shape index (κ1) is 16.5. The fraction of sp³-hybridized carbons (Fsp3) is 0.667. The molecule has 0 aliphatic carbocycles. The summed E-state index contributed by atoms with van der Waals surface area (Å²) in [5, 5.41) is 6.17. The van der Waals surface area contributed by atoms with Gasteiger partial charge in [0.1, 0.15) is 6.34 Å². The zero-order chi connectivity index (χ0) is 15.9. The zero-order valence-electron chi connectivity index (χ0n) is 13.5. The van der Waals surface area contributed by atoms with Crippen LogP contribution in [0.15, 0.2) is 21.9 Å². The molecule has 7 heteroatoms. The predicted octanol–water partition coefficient (Wildman–Crippen LogP) is 0.451. The van der Waals surface area contributed by atoms with Gasteiger partial charge < -0.3 is 10.6 Å². The Labute approximate surface area is 132 Å². The number of rotatable bonds is 5. The van der Waals surface area contributed by atoms with Crippen molar-refractivity contribution in [3.8, 4) is 0 Å². The summed E-state index contributed by atoms with van der Waals surface area (Å²) in [6.45, 7) is 9.14. The molecule has 2 N–H and O–H groups in total. The highest BCUT2D eigenvalue weighted by atomic mass is 16.2. The van der Waals surface area contributed by atoms with Gasteiger partial charge in [0.15, 0.2) is 5.84 Å². The van der Waals surface area contributed by atoms with Gasteiger partial charge in [-0.15, -0.1) is 0 Å². The van der Waals surface area contributed by atoms with Gasteiger partial charge in [-0.2, -0.15) is 5.10 Å². The third kappa shape index (κ3) is 4.30. The summed E-state index contributed by atoms with van der Waals surface area (Å²) in [7, 11) is 0. The lowest BCUT2D eigenvalue weighted by atomic mass is 10.2. The number of piperazine rings is 1. The molecule has 0 aromatic rings. The van der Waals surface area contributed by atoms with E-state index in [1.807, 2.05) is 22.9 Å². The largest absolute Gasteiger partial charge is 0.382 e. The molecule has 0 unspecified atom stereocenters. The molecule has 2 rings (SSSR count). The molecule has 1 amide bonds. The Morgan fingerprint density at radius 3 is 2.59 bits per heavy atom. The minimum Gasteiger partial charge on any atom is -0.382 e. The molecular weight excluding hydrogens is 280 g/mol. The molecule has 2 heterocycles. The minimum atomic E-state index is 0.181. The van der Waals surface area contributed by atoms with Crippen molar-refractivity contribution in [2.24, 2.45) is 15.8 Å². The quantitative estimate of drug-likeness (QED) is 0.748. The van der Waals surface area contributed by atoms with Crippen LogP contribution in [0.4, 0.5) is 0 Å². The molecule has 0 saturated carbocycles. The summed E-state index contributed by atoms with van der Waals surface area (Å²) < 4.78 is 0. The number of carbonyl (C=O) groups is 1. The van der Waals surface area contributed by atoms with E-state index < -0.39 is 0 Å². The Balaban J connectivity index is 1.65. The van der Waals surface area contributed by atoms with Crippen LogP contribution < -0.4 is 5.73 Å². The molecule has 0 radical (unpaired) electrons. The van der Waals surface area contributed by atoms with E-state index in [0.29, 0.717) is 5.84 Å². The highest BCUT2D eigenvalue weighted by Crippen LogP contribution is 2.11. The number of amidine groups is 1. The molecule has 1 fully saturated rings. The normalized spacial score (nSPS) is 21.4. The van der Waals surface area contributed by atoms with Gasteiger partial charge in [-0.25, -0.2) is 4.99 Å². The number of hydrogen-bond acceptors (Lipinski definition) is 6. The van der Waals surface area contributed by atoms with Gasteiger partial charge in [0, 0.05) is 39.6 Å². The number of allylic oxidation sites excluding steroid dienone is 1. The monoisotopic (exact) mass is 306 g/mol. The van der Waals surface area contributed by atoms with Gasteiger partial charge in [-0.05, 0) is 26.3 Å². The topological polar surface area (TPSA) is 77.5 Å². The average Bonchev–Trinajstić information content (AvgIpc) is 2.52. The highest BCUT2D eigenvalue weighted by molar-refractivity contribution is 6.01. The molecule has 1 saturated heterocycles. The number of hydrogen-bond donors (Lipinski definition) is 1. The van der Waals surface area contributed by atoms with Crippen molar-refractivity contribution in [3.05, 3.63) is 11.8 Å². The number of amides is 1. The van der Waals surface area contributed by atoms with Crippen LogP contribution in [0.2, 0.25) is 0 Å². The Morgan fingerprint density at radius 2 is 1.95 bits per heavy atom. The molecule has 122 valence electrons. The van der Waals surface area contributed by atoms with E-state index in [1.165, 1.54) is 6.34 Å². The van der Waals surface area contributed by atoms with Crippen LogP contribution in [-0.2, 0) is 4.79 Å². The van der Waals surface area contributed by atoms with Gasteiger partial charge in [-0.1, -0.05) is 6.08 Å². The van der Waals surface area contributed by atoms with E-state index in [1.54, 1.807) is 6.92 Å². The summed E-state index contributed by atoms with van der Waals surface area (Å²) in [4.78, 5) is 19.6. The Bertz CT molecular complexity index is 476. The second kappa shape index (κ2) is 7.93. The van der Waals surface area contributed by atoms with Gasteiger partial charge in [0.2, 0.25) is 5.91 Å². The third-order valence-corrected chi connectivity index (χ3v) is 4.11. The van der Waals surface area contributed by atoms with Crippen molar-refractivity contribution < 1.29 is 4.79 Å². The van der Waals surface area contributed by atoms with Crippen LogP contribution in [0, 0.1) is 0 Å². The molecule has 0 aromatic carbocycles. The van der Waals surface area contributed by atoms with Crippen LogP contribution in [0.1, 0.15) is 26.7 Å². The first-order chi connectivity index (χ1) is 10.6. The Kier molecular flexibility index (Phi) is 5.94. The number of nitrogens with two attached hydrogens (primary N) is 1. The molecule has 2 aliphatic rings. The van der Waals surface area contributed by atoms with Crippen molar-refractivity contribution in [1.29, 1.82) is 0 Å². The lowest BCUT2D eigenvalue weighted by Gasteiger charge is -2.34. The highest BCUT2D eigenvalue weighted by Gasteiger charge is 2.18. The molecule has 22 heavy (non-hydrogen) atoms. The van der Waals surface area contributed by atoms with Crippen molar-refractivity contribution in [1.82, 2.24) is 14.8 Å². The van der Waals surface area contributed by atoms with E-state index in [-0.39, 0.29) is 5.91 Å². The predicted molar refractivity (Wildman–Crippen MR) is 88.5 cm³/mol. The van der Waals surface area contributed by atoms with E-state index in [0.717, 1.165) is 57.8 Å². The summed E-state index contributed by atoms with van der Waals surface area (Å²) in [6.07, 6.45) is 5.61. The maximum absolute atomic E-state index is 11.3. The second-order valence-corrected chi connectivity index (χ2v) is 5.60. The van der Waals surface area contributed by atoms with Gasteiger partial charge in [0.25, 0.3) is 0 Å². The first-order valence-electron chi connectivity index (χ1n) is 7.89. The fourth-order valence-corrected chi connectivity index (χ4v) is 2.77. The SMILES string of the molecule is C/C=C1/C(N)=NC=NN1CCCCN1CCN(C(C)=O)CC1. The average molecular weight is 306 g/mol. The molecular formula is C15H26N6O. The second-order valence-electron chi connectivity index (χ2n) is 5.60. The number of aliphatic imine (C=N–C) groups is 1. The summed E-state index contributed by atoms with van der Waals surface area (Å²) in [5.41, 5.74) is 6.73. The lowest BCUT2D eigenvalue weighted by molar-refractivity contribution is -0.130. The van der Waals surface area contributed by atoms with Crippen molar-refractivity contribution in [2.45, 2.75) is 26.7 Å². The van der Waals surface area contributed by atoms with E-state index in [2.05, 4.69) is 15.0 Å². The number of nitrogens with zero attached hydrogens (tertiary/aromatic N) is 5. The summed E-state index contributed by atoms with van der Waals surface area (Å²) in [6, 6.07) is 0. The summed E-state index contributed by atoms with van der Waals surface area (Å²) in [5.74, 6) is 0.707. The molecule has 0 bridgehead atoms. The van der Waals surface area contributed by atoms with E-state index >= 15 is 0 Å². The van der Waals surface area contributed by atoms with Crippen LogP contribution in [0.5, 0.6) is 0 Å². The summed E-state index contributed by atoms with van der Waals surface area (Å²) >= 11 is 0. The smallest absolute Gasteiger partial charge is 0.219 e. The van der Waals surface area contributed by atoms with Crippen LogP contribution in [-0.4, -0.2) is 72.2 Å².